The van der Waals surface area contributed by atoms with Crippen molar-refractivity contribution in [2.24, 2.45) is 5.92 Å². The van der Waals surface area contributed by atoms with Gasteiger partial charge in [-0.1, -0.05) is 51.8 Å². The van der Waals surface area contributed by atoms with Crippen LogP contribution in [-0.2, 0) is 11.4 Å². The summed E-state index contributed by atoms with van der Waals surface area (Å²) in [5, 5.41) is 10.4. The minimum absolute atomic E-state index is 0.143. The Kier molecular flexibility index (Phi) is 9.17. The van der Waals surface area contributed by atoms with Crippen LogP contribution in [0.15, 0.2) is 48.5 Å². The fourth-order valence-electron chi connectivity index (χ4n) is 4.18. The van der Waals surface area contributed by atoms with E-state index in [2.05, 4.69) is 96.0 Å². The van der Waals surface area contributed by atoms with Crippen molar-refractivity contribution in [3.8, 4) is 33.8 Å². The minimum Gasteiger partial charge on any atom is -0.543 e. The fraction of sp³-hybridized carbons (Fsp3) is 0.406. The summed E-state index contributed by atoms with van der Waals surface area (Å²) in [5.41, 5.74) is 5.82. The molecule has 1 aromatic heterocycles. The zero-order valence-corrected chi connectivity index (χ0v) is 25.9. The van der Waals surface area contributed by atoms with Crippen molar-refractivity contribution in [1.82, 2.24) is 0 Å². The number of rotatable bonds is 9. The second-order valence-electron chi connectivity index (χ2n) is 11.4. The molecule has 1 heterocycles. The van der Waals surface area contributed by atoms with E-state index in [1.165, 1.54) is 28.0 Å². The van der Waals surface area contributed by atoms with E-state index in [4.69, 9.17) is 9.16 Å². The number of carbonyl (C=O) groups is 1. The van der Waals surface area contributed by atoms with E-state index < -0.39 is 20.2 Å². The zero-order chi connectivity index (χ0) is 28.3. The van der Waals surface area contributed by atoms with Crippen LogP contribution in [0.25, 0.3) is 11.1 Å². The monoisotopic (exact) mass is 548 g/mol. The number of aryl methyl sites for hydroxylation is 2. The molecule has 2 aromatic carbocycles. The normalized spacial score (nSPS) is 13.3. The number of aliphatic carboxylic acids is 1. The lowest BCUT2D eigenvalue weighted by Gasteiger charge is -2.36. The molecule has 0 spiro atoms. The molecule has 0 aliphatic heterocycles. The van der Waals surface area contributed by atoms with Gasteiger partial charge in [-0.2, -0.15) is 0 Å². The number of hydrogen-bond donors (Lipinski definition) is 1. The van der Waals surface area contributed by atoms with E-state index in [1.54, 1.807) is 13.8 Å². The van der Waals surface area contributed by atoms with Crippen molar-refractivity contribution >= 4 is 25.6 Å². The molecule has 0 saturated carbocycles. The van der Waals surface area contributed by atoms with Crippen LogP contribution >= 0.6 is 11.3 Å². The molecule has 0 amide bonds. The molecule has 4 nitrogen and oxygen atoms in total. The molecule has 0 saturated heterocycles. The molecule has 0 aliphatic rings. The Morgan fingerprint density at radius 2 is 1.74 bits per heavy atom. The number of thiophene rings is 1. The lowest BCUT2D eigenvalue weighted by Crippen LogP contribution is -2.43. The van der Waals surface area contributed by atoms with E-state index in [9.17, 15) is 9.90 Å². The van der Waals surface area contributed by atoms with Gasteiger partial charge >= 0.3 is 5.97 Å². The van der Waals surface area contributed by atoms with E-state index in [-0.39, 0.29) is 11.0 Å². The summed E-state index contributed by atoms with van der Waals surface area (Å²) < 4.78 is 12.7. The third kappa shape index (κ3) is 6.89. The Morgan fingerprint density at radius 3 is 2.32 bits per heavy atom. The summed E-state index contributed by atoms with van der Waals surface area (Å²) in [6.07, 6.45) is 0. The van der Waals surface area contributed by atoms with Crippen LogP contribution in [0.5, 0.6) is 10.8 Å². The Labute approximate surface area is 233 Å². The van der Waals surface area contributed by atoms with E-state index in [1.807, 2.05) is 12.1 Å². The first kappa shape index (κ1) is 29.5. The molecule has 0 bridgehead atoms. The summed E-state index contributed by atoms with van der Waals surface area (Å²) in [6.45, 7) is 19.5. The van der Waals surface area contributed by atoms with Gasteiger partial charge in [0.25, 0.3) is 0 Å². The van der Waals surface area contributed by atoms with Crippen LogP contribution < -0.4 is 9.16 Å². The van der Waals surface area contributed by atoms with Gasteiger partial charge in [0.1, 0.15) is 12.4 Å². The molecule has 202 valence electrons. The maximum absolute atomic E-state index is 11.5. The molecule has 1 N–H and O–H groups in total. The standard InChI is InChI=1S/C32H40O4SSi/c1-10-12-27(23(4)31(33)34)28-15-16-29(37-28)35-20-24-13-11-14-25(19-24)30-21(2)17-26(18-22(30)3)36-38(8,9)32(5,6)7/h11,13-19,23,27H,20H2,1-9H3,(H,33,34). The van der Waals surface area contributed by atoms with Gasteiger partial charge < -0.3 is 14.3 Å². The average molecular weight is 549 g/mol. The maximum atomic E-state index is 11.5. The average Bonchev–Trinajstić information content (AvgIpc) is 3.28. The van der Waals surface area contributed by atoms with Crippen molar-refractivity contribution < 1.29 is 19.1 Å². The summed E-state index contributed by atoms with van der Waals surface area (Å²) in [5.74, 6) is 5.07. The highest BCUT2D eigenvalue weighted by atomic mass is 32.1. The van der Waals surface area contributed by atoms with Gasteiger partial charge in [0, 0.05) is 4.88 Å². The number of ether oxygens (including phenoxy) is 1. The van der Waals surface area contributed by atoms with Crippen molar-refractivity contribution in [1.29, 1.82) is 0 Å². The quantitative estimate of drug-likeness (QED) is 0.214. The molecular weight excluding hydrogens is 509 g/mol. The summed E-state index contributed by atoms with van der Waals surface area (Å²) in [4.78, 5) is 12.4. The minimum atomic E-state index is -1.91. The van der Waals surface area contributed by atoms with Crippen LogP contribution in [0.1, 0.15) is 62.1 Å². The van der Waals surface area contributed by atoms with Crippen LogP contribution in [0.2, 0.25) is 18.1 Å². The van der Waals surface area contributed by atoms with Gasteiger partial charge in [-0.3, -0.25) is 4.79 Å². The molecule has 0 aliphatic carbocycles. The van der Waals surface area contributed by atoms with Crippen molar-refractivity contribution in [3.63, 3.8) is 0 Å². The van der Waals surface area contributed by atoms with Gasteiger partial charge in [-0.25, -0.2) is 0 Å². The second-order valence-corrected chi connectivity index (χ2v) is 17.2. The molecule has 3 rings (SSSR count). The van der Waals surface area contributed by atoms with Gasteiger partial charge in [0.05, 0.1) is 11.8 Å². The summed E-state index contributed by atoms with van der Waals surface area (Å²) in [7, 11) is -1.91. The first-order valence-electron chi connectivity index (χ1n) is 13.0. The third-order valence-corrected chi connectivity index (χ3v) is 12.8. The van der Waals surface area contributed by atoms with Crippen LogP contribution in [0.4, 0.5) is 0 Å². The molecule has 2 atom stereocenters. The number of hydrogen-bond acceptors (Lipinski definition) is 4. The zero-order valence-electron chi connectivity index (χ0n) is 24.1. The lowest BCUT2D eigenvalue weighted by molar-refractivity contribution is -0.141. The molecule has 38 heavy (non-hydrogen) atoms. The van der Waals surface area contributed by atoms with Gasteiger partial charge in [0.2, 0.25) is 8.32 Å². The topological polar surface area (TPSA) is 55.8 Å². The predicted molar refractivity (Wildman–Crippen MR) is 161 cm³/mol. The maximum Gasteiger partial charge on any atom is 0.307 e. The van der Waals surface area contributed by atoms with Gasteiger partial charge in [-0.05, 0) is 97.1 Å². The Balaban J connectivity index is 1.78. The lowest BCUT2D eigenvalue weighted by atomic mass is 9.93. The second kappa shape index (κ2) is 11.8. The Morgan fingerprint density at radius 1 is 1.08 bits per heavy atom. The first-order chi connectivity index (χ1) is 17.7. The number of benzene rings is 2. The highest BCUT2D eigenvalue weighted by Gasteiger charge is 2.39. The summed E-state index contributed by atoms with van der Waals surface area (Å²) in [6, 6.07) is 16.6. The van der Waals surface area contributed by atoms with Crippen molar-refractivity contribution in [3.05, 3.63) is 70.1 Å². The van der Waals surface area contributed by atoms with E-state index in [0.29, 0.717) is 6.61 Å². The number of carboxylic acids is 1. The summed E-state index contributed by atoms with van der Waals surface area (Å²) >= 11 is 1.46. The first-order valence-corrected chi connectivity index (χ1v) is 16.7. The smallest absolute Gasteiger partial charge is 0.307 e. The molecule has 0 radical (unpaired) electrons. The van der Waals surface area contributed by atoms with Crippen molar-refractivity contribution in [2.45, 2.75) is 79.1 Å². The van der Waals surface area contributed by atoms with Crippen LogP contribution in [0, 0.1) is 31.6 Å². The molecule has 0 fully saturated rings. The highest BCUT2D eigenvalue weighted by molar-refractivity contribution is 7.14. The molecular formula is C32H40O4SSi. The van der Waals surface area contributed by atoms with Gasteiger partial charge in [0.15, 0.2) is 5.06 Å². The molecule has 6 heteroatoms. The SMILES string of the molecule is CC#CC(c1ccc(OCc2cccc(-c3c(C)cc(O[Si](C)(C)C(C)(C)C)cc3C)c2)s1)C(C)C(=O)O. The highest BCUT2D eigenvalue weighted by Crippen LogP contribution is 2.39. The Hall–Kier alpha value is -3.01. The molecule has 3 aromatic rings. The number of carboxylic acid groups (broad SMARTS) is 1. The molecule has 2 unspecified atom stereocenters. The van der Waals surface area contributed by atoms with E-state index >= 15 is 0 Å². The van der Waals surface area contributed by atoms with Crippen LogP contribution in [-0.4, -0.2) is 19.4 Å². The van der Waals surface area contributed by atoms with E-state index in [0.717, 1.165) is 26.8 Å². The Bertz CT molecular complexity index is 1330. The van der Waals surface area contributed by atoms with Crippen molar-refractivity contribution in [2.75, 3.05) is 0 Å². The fourth-order valence-corrected chi connectivity index (χ4v) is 6.20. The third-order valence-electron chi connectivity index (χ3n) is 7.38. The largest absolute Gasteiger partial charge is 0.543 e. The van der Waals surface area contributed by atoms with Gasteiger partial charge in [-0.15, -0.1) is 17.3 Å². The van der Waals surface area contributed by atoms with Crippen LogP contribution in [0.3, 0.4) is 0 Å². The predicted octanol–water partition coefficient (Wildman–Crippen LogP) is 8.82.